The molecule has 1 unspecified atom stereocenters. The third-order valence-corrected chi connectivity index (χ3v) is 7.45. The molecule has 1 heterocycles. The maximum Gasteiger partial charge on any atom is 0.253 e. The predicted molar refractivity (Wildman–Crippen MR) is 160 cm³/mol. The summed E-state index contributed by atoms with van der Waals surface area (Å²) in [5.74, 6) is -0.0784. The summed E-state index contributed by atoms with van der Waals surface area (Å²) in [5.41, 5.74) is 4.41. The van der Waals surface area contributed by atoms with E-state index in [0.717, 1.165) is 12.8 Å². The Labute approximate surface area is 245 Å². The van der Waals surface area contributed by atoms with Gasteiger partial charge in [-0.15, -0.1) is 11.6 Å². The van der Waals surface area contributed by atoms with Gasteiger partial charge in [-0.25, -0.2) is 10.0 Å². The Hall–Kier alpha value is -1.99. The quantitative estimate of drug-likeness (QED) is 0.168. The van der Waals surface area contributed by atoms with Crippen LogP contribution in [0.4, 0.5) is 17.1 Å². The Balaban J connectivity index is 1.49. The minimum absolute atomic E-state index is 0.0361. The second-order valence-corrected chi connectivity index (χ2v) is 11.2. The van der Waals surface area contributed by atoms with Crippen LogP contribution in [0.15, 0.2) is 41.4 Å². The van der Waals surface area contributed by atoms with Gasteiger partial charge in [0.15, 0.2) is 0 Å². The summed E-state index contributed by atoms with van der Waals surface area (Å²) in [6.45, 7) is 2.23. The summed E-state index contributed by atoms with van der Waals surface area (Å²) in [5, 5.41) is 4.39. The van der Waals surface area contributed by atoms with E-state index < -0.39 is 5.38 Å². The highest BCUT2D eigenvalue weighted by Gasteiger charge is 2.30. The zero-order valence-electron chi connectivity index (χ0n) is 21.5. The normalized spacial score (nSPS) is 15.1. The lowest BCUT2D eigenvalue weighted by Gasteiger charge is -2.19. The number of rotatable bonds is 14. The maximum atomic E-state index is 12.6. The van der Waals surface area contributed by atoms with Crippen LogP contribution in [0.2, 0.25) is 15.1 Å². The van der Waals surface area contributed by atoms with Gasteiger partial charge in [-0.1, -0.05) is 106 Å². The van der Waals surface area contributed by atoms with Gasteiger partial charge in [0.25, 0.3) is 5.91 Å². The molecule has 206 valence electrons. The number of carbonyl (C=O) groups excluding carboxylic acids is 2. The van der Waals surface area contributed by atoms with E-state index in [9.17, 15) is 9.59 Å². The minimum atomic E-state index is -0.592. The molecule has 2 aromatic rings. The van der Waals surface area contributed by atoms with E-state index in [4.69, 9.17) is 46.4 Å². The van der Waals surface area contributed by atoms with Gasteiger partial charge in [0.1, 0.15) is 16.9 Å². The number of carbonyl (C=O) groups is 2. The SMILES string of the molecule is CCCCCCCCCCCC(Cl)C(=O)Nc1cccc(N=C2CC(=O)N(c3c(Cl)cc(Cl)cc3Cl)N2)c1. The summed E-state index contributed by atoms with van der Waals surface area (Å²) < 4.78 is 0. The molecule has 6 nitrogen and oxygen atoms in total. The van der Waals surface area contributed by atoms with Gasteiger partial charge < -0.3 is 5.32 Å². The molecule has 0 bridgehead atoms. The van der Waals surface area contributed by atoms with Crippen LogP contribution in [0.3, 0.4) is 0 Å². The molecule has 0 saturated carbocycles. The summed E-state index contributed by atoms with van der Waals surface area (Å²) >= 11 is 24.9. The van der Waals surface area contributed by atoms with Crippen LogP contribution in [0.1, 0.15) is 77.6 Å². The molecular weight excluding hydrogens is 566 g/mol. The number of halogens is 4. The van der Waals surface area contributed by atoms with Crippen molar-refractivity contribution in [3.63, 3.8) is 0 Å². The number of hydrazine groups is 1. The number of hydrogen-bond acceptors (Lipinski definition) is 3. The average Bonchev–Trinajstić information content (AvgIpc) is 3.21. The van der Waals surface area contributed by atoms with Crippen molar-refractivity contribution in [3.8, 4) is 0 Å². The largest absolute Gasteiger partial charge is 0.325 e. The molecule has 1 atom stereocenters. The molecule has 0 radical (unpaired) electrons. The van der Waals surface area contributed by atoms with Crippen LogP contribution in [0, 0.1) is 0 Å². The minimum Gasteiger partial charge on any atom is -0.325 e. The van der Waals surface area contributed by atoms with Gasteiger partial charge in [0.2, 0.25) is 5.91 Å². The fourth-order valence-corrected chi connectivity index (χ4v) is 5.44. The summed E-state index contributed by atoms with van der Waals surface area (Å²) in [6.07, 6.45) is 11.7. The fraction of sp³-hybridized carbons (Fsp3) is 0.464. The lowest BCUT2D eigenvalue weighted by Crippen LogP contribution is -2.36. The number of benzene rings is 2. The van der Waals surface area contributed by atoms with Crippen molar-refractivity contribution in [1.29, 1.82) is 0 Å². The second-order valence-electron chi connectivity index (χ2n) is 9.42. The monoisotopic (exact) mass is 598 g/mol. The zero-order chi connectivity index (χ0) is 27.5. The molecule has 38 heavy (non-hydrogen) atoms. The Bertz CT molecular complexity index is 1120. The Morgan fingerprint density at radius 3 is 2.29 bits per heavy atom. The number of nitrogens with zero attached hydrogens (tertiary/aromatic N) is 2. The third-order valence-electron chi connectivity index (χ3n) is 6.24. The van der Waals surface area contributed by atoms with Gasteiger partial charge in [-0.05, 0) is 36.8 Å². The van der Waals surface area contributed by atoms with Crippen molar-refractivity contribution in [3.05, 3.63) is 51.5 Å². The van der Waals surface area contributed by atoms with Crippen molar-refractivity contribution in [1.82, 2.24) is 5.43 Å². The van der Waals surface area contributed by atoms with Crippen LogP contribution in [-0.4, -0.2) is 23.0 Å². The van der Waals surface area contributed by atoms with Gasteiger partial charge in [-0.2, -0.15) is 0 Å². The molecule has 1 fully saturated rings. The highest BCUT2D eigenvalue weighted by atomic mass is 35.5. The van der Waals surface area contributed by atoms with Crippen LogP contribution >= 0.6 is 46.4 Å². The van der Waals surface area contributed by atoms with E-state index in [1.54, 1.807) is 24.3 Å². The fourth-order valence-electron chi connectivity index (χ4n) is 4.24. The van der Waals surface area contributed by atoms with E-state index in [1.165, 1.54) is 62.1 Å². The van der Waals surface area contributed by atoms with E-state index in [-0.39, 0.29) is 28.3 Å². The van der Waals surface area contributed by atoms with Crippen molar-refractivity contribution in [2.45, 2.75) is 82.9 Å². The second kappa shape index (κ2) is 15.6. The summed E-state index contributed by atoms with van der Waals surface area (Å²) in [6, 6.07) is 10.1. The summed E-state index contributed by atoms with van der Waals surface area (Å²) in [7, 11) is 0. The van der Waals surface area contributed by atoms with Gasteiger partial charge >= 0.3 is 0 Å². The first-order valence-corrected chi connectivity index (χ1v) is 14.7. The van der Waals surface area contributed by atoms with Gasteiger partial charge in [-0.3, -0.25) is 15.0 Å². The molecule has 2 N–H and O–H groups in total. The molecule has 2 amide bonds. The molecule has 2 aromatic carbocycles. The molecular formula is C28H34Cl4N4O2. The van der Waals surface area contributed by atoms with E-state index in [1.807, 2.05) is 0 Å². The van der Waals surface area contributed by atoms with Crippen molar-refractivity contribution in [2.75, 3.05) is 10.3 Å². The Morgan fingerprint density at radius 1 is 1.00 bits per heavy atom. The molecule has 1 aliphatic heterocycles. The van der Waals surface area contributed by atoms with Gasteiger partial charge in [0.05, 0.1) is 22.2 Å². The Morgan fingerprint density at radius 2 is 1.63 bits per heavy atom. The first-order chi connectivity index (χ1) is 18.3. The lowest BCUT2D eigenvalue weighted by molar-refractivity contribution is -0.117. The molecule has 0 aliphatic carbocycles. The van der Waals surface area contributed by atoms with Gasteiger partial charge in [0, 0.05) is 10.7 Å². The average molecular weight is 600 g/mol. The lowest BCUT2D eigenvalue weighted by atomic mass is 10.1. The van der Waals surface area contributed by atoms with Crippen LogP contribution in [-0.2, 0) is 9.59 Å². The topological polar surface area (TPSA) is 73.8 Å². The van der Waals surface area contributed by atoms with E-state index in [2.05, 4.69) is 22.7 Å². The molecule has 0 aromatic heterocycles. The highest BCUT2D eigenvalue weighted by Crippen LogP contribution is 2.37. The smallest absolute Gasteiger partial charge is 0.253 e. The summed E-state index contributed by atoms with van der Waals surface area (Å²) in [4.78, 5) is 29.7. The number of amides is 2. The van der Waals surface area contributed by atoms with E-state index in [0.29, 0.717) is 34.3 Å². The first kappa shape index (κ1) is 30.6. The first-order valence-electron chi connectivity index (χ1n) is 13.1. The number of amidine groups is 1. The number of nitrogens with one attached hydrogen (secondary N) is 2. The van der Waals surface area contributed by atoms with Crippen LogP contribution < -0.4 is 15.8 Å². The van der Waals surface area contributed by atoms with Crippen LogP contribution in [0.5, 0.6) is 0 Å². The molecule has 0 spiro atoms. The number of hydrogen-bond donors (Lipinski definition) is 2. The Kier molecular flexibility index (Phi) is 12.5. The third kappa shape index (κ3) is 9.33. The molecule has 10 heteroatoms. The van der Waals surface area contributed by atoms with E-state index >= 15 is 0 Å². The van der Waals surface area contributed by atoms with Crippen molar-refractivity contribution in [2.24, 2.45) is 4.99 Å². The number of anilines is 2. The van der Waals surface area contributed by atoms with Crippen molar-refractivity contribution < 1.29 is 9.59 Å². The predicted octanol–water partition coefficient (Wildman–Crippen LogP) is 9.09. The van der Waals surface area contributed by atoms with Crippen molar-refractivity contribution >= 4 is 81.1 Å². The number of alkyl halides is 1. The molecule has 1 saturated heterocycles. The van der Waals surface area contributed by atoms with Crippen LogP contribution in [0.25, 0.3) is 0 Å². The number of aliphatic imine (C=N–C) groups is 1. The zero-order valence-corrected chi connectivity index (χ0v) is 24.6. The highest BCUT2D eigenvalue weighted by molar-refractivity contribution is 6.42. The standard InChI is InChI=1S/C28H34Cl4N4O2/c1-2-3-4-5-6-7-8-9-10-14-22(30)28(38)34-21-13-11-12-20(17-21)33-25-18-26(37)36(35-25)27-23(31)15-19(29)16-24(27)32/h11-13,15-17,22H,2-10,14,18H2,1H3,(H,33,35)(H,34,38). The number of unbranched alkanes of at least 4 members (excludes halogenated alkanes) is 8. The molecule has 3 rings (SSSR count). The molecule has 1 aliphatic rings. The maximum absolute atomic E-state index is 12.6.